The van der Waals surface area contributed by atoms with Crippen molar-refractivity contribution in [1.29, 1.82) is 0 Å². The van der Waals surface area contributed by atoms with Crippen LogP contribution in [0.2, 0.25) is 0 Å². The molecule has 0 atom stereocenters. The average molecular weight is 381 g/mol. The van der Waals surface area contributed by atoms with Crippen molar-refractivity contribution in [1.82, 2.24) is 0 Å². The second kappa shape index (κ2) is 5.54. The first-order chi connectivity index (χ1) is 11.1. The fourth-order valence-electron chi connectivity index (χ4n) is 3.29. The van der Waals surface area contributed by atoms with Crippen molar-refractivity contribution in [3.63, 3.8) is 0 Å². The third kappa shape index (κ3) is 2.54. The molecule has 0 radical (unpaired) electrons. The molecule has 2 heteroatoms. The van der Waals surface area contributed by atoms with Gasteiger partial charge in [0.05, 0.1) is 0 Å². The van der Waals surface area contributed by atoms with Crippen LogP contribution in [0.3, 0.4) is 0 Å². The Morgan fingerprint density at radius 1 is 0.739 bits per heavy atom. The SMILES string of the molecule is CC1(C)c2ccccc2Sc2ccc(-c3cccc(Br)c3)cc21. The fourth-order valence-corrected chi connectivity index (χ4v) is 5.07. The van der Waals surface area contributed by atoms with Crippen molar-refractivity contribution in [2.24, 2.45) is 0 Å². The second-order valence-corrected chi connectivity index (χ2v) is 8.44. The molecule has 0 saturated heterocycles. The van der Waals surface area contributed by atoms with E-state index in [0.29, 0.717) is 0 Å². The molecule has 0 aromatic heterocycles. The van der Waals surface area contributed by atoms with Crippen molar-refractivity contribution in [3.8, 4) is 11.1 Å². The summed E-state index contributed by atoms with van der Waals surface area (Å²) < 4.78 is 1.12. The molecule has 3 aromatic rings. The predicted molar refractivity (Wildman–Crippen MR) is 102 cm³/mol. The van der Waals surface area contributed by atoms with Crippen LogP contribution in [0.25, 0.3) is 11.1 Å². The maximum atomic E-state index is 3.57. The molecule has 0 spiro atoms. The summed E-state index contributed by atoms with van der Waals surface area (Å²) in [6, 6.07) is 24.1. The van der Waals surface area contributed by atoms with E-state index in [1.165, 1.54) is 32.0 Å². The first kappa shape index (κ1) is 15.0. The van der Waals surface area contributed by atoms with Crippen LogP contribution in [0.1, 0.15) is 25.0 Å². The summed E-state index contributed by atoms with van der Waals surface area (Å²) in [6.07, 6.45) is 0. The van der Waals surface area contributed by atoms with Crippen LogP contribution in [-0.2, 0) is 5.41 Å². The van der Waals surface area contributed by atoms with Crippen LogP contribution < -0.4 is 0 Å². The van der Waals surface area contributed by atoms with E-state index >= 15 is 0 Å². The van der Waals surface area contributed by atoms with Crippen LogP contribution in [0, 0.1) is 0 Å². The van der Waals surface area contributed by atoms with Gasteiger partial charge in [0, 0.05) is 19.7 Å². The maximum absolute atomic E-state index is 3.57. The molecular weight excluding hydrogens is 364 g/mol. The number of fused-ring (bicyclic) bond motifs is 2. The Morgan fingerprint density at radius 2 is 1.48 bits per heavy atom. The van der Waals surface area contributed by atoms with E-state index in [0.717, 1.165) is 4.47 Å². The molecule has 0 aliphatic carbocycles. The lowest BCUT2D eigenvalue weighted by molar-refractivity contribution is 0.607. The number of rotatable bonds is 1. The lowest BCUT2D eigenvalue weighted by Gasteiger charge is -2.34. The highest BCUT2D eigenvalue weighted by atomic mass is 79.9. The predicted octanol–water partition coefficient (Wildman–Crippen LogP) is 6.91. The Morgan fingerprint density at radius 3 is 2.30 bits per heavy atom. The normalized spacial score (nSPS) is 14.9. The molecule has 1 aliphatic heterocycles. The molecule has 1 aliphatic rings. The highest BCUT2D eigenvalue weighted by Crippen LogP contribution is 2.49. The highest BCUT2D eigenvalue weighted by Gasteiger charge is 2.32. The van der Waals surface area contributed by atoms with Crippen LogP contribution in [-0.4, -0.2) is 0 Å². The van der Waals surface area contributed by atoms with Gasteiger partial charge in [-0.3, -0.25) is 0 Å². The largest absolute Gasteiger partial charge is 0.0895 e. The van der Waals surface area contributed by atoms with Crippen molar-refractivity contribution >= 4 is 27.7 Å². The fraction of sp³-hybridized carbons (Fsp3) is 0.143. The Labute approximate surface area is 150 Å². The van der Waals surface area contributed by atoms with E-state index in [1.54, 1.807) is 0 Å². The maximum Gasteiger partial charge on any atom is 0.0181 e. The molecule has 0 saturated carbocycles. The summed E-state index contributed by atoms with van der Waals surface area (Å²) in [5, 5.41) is 0. The van der Waals surface area contributed by atoms with Gasteiger partial charge in [0.15, 0.2) is 0 Å². The lowest BCUT2D eigenvalue weighted by atomic mass is 9.77. The van der Waals surface area contributed by atoms with E-state index in [9.17, 15) is 0 Å². The molecule has 4 rings (SSSR count). The quantitative estimate of drug-likeness (QED) is 0.441. The van der Waals surface area contributed by atoms with E-state index in [2.05, 4.69) is 96.5 Å². The molecule has 3 aromatic carbocycles. The van der Waals surface area contributed by atoms with Gasteiger partial charge in [0.1, 0.15) is 0 Å². The number of hydrogen-bond donors (Lipinski definition) is 0. The first-order valence-electron chi connectivity index (χ1n) is 7.73. The standard InChI is InChI=1S/C21H17BrS/c1-21(2)17-8-3-4-9-19(17)23-20-11-10-15(13-18(20)21)14-6-5-7-16(22)12-14/h3-13H,1-2H3. The zero-order valence-electron chi connectivity index (χ0n) is 13.1. The van der Waals surface area contributed by atoms with E-state index < -0.39 is 0 Å². The first-order valence-corrected chi connectivity index (χ1v) is 9.34. The molecule has 23 heavy (non-hydrogen) atoms. The Hall–Kier alpha value is -1.51. The summed E-state index contributed by atoms with van der Waals surface area (Å²) in [4.78, 5) is 2.74. The monoisotopic (exact) mass is 380 g/mol. The summed E-state index contributed by atoms with van der Waals surface area (Å²) in [5.41, 5.74) is 5.39. The summed E-state index contributed by atoms with van der Waals surface area (Å²) in [5.74, 6) is 0. The third-order valence-corrected chi connectivity index (χ3v) is 6.24. The van der Waals surface area contributed by atoms with Gasteiger partial charge in [0.25, 0.3) is 0 Å². The molecule has 114 valence electrons. The van der Waals surface area contributed by atoms with Gasteiger partial charge in [0.2, 0.25) is 0 Å². The van der Waals surface area contributed by atoms with Gasteiger partial charge in [-0.1, -0.05) is 77.9 Å². The minimum Gasteiger partial charge on any atom is -0.0895 e. The highest BCUT2D eigenvalue weighted by molar-refractivity contribution is 9.10. The number of halogens is 1. The third-order valence-electron chi connectivity index (χ3n) is 4.59. The molecule has 1 heterocycles. The molecular formula is C21H17BrS. The van der Waals surface area contributed by atoms with Gasteiger partial charge >= 0.3 is 0 Å². The minimum absolute atomic E-state index is 0.0270. The summed E-state index contributed by atoms with van der Waals surface area (Å²) in [7, 11) is 0. The molecule has 0 unspecified atom stereocenters. The summed E-state index contributed by atoms with van der Waals surface area (Å²) >= 11 is 5.46. The second-order valence-electron chi connectivity index (χ2n) is 6.44. The lowest BCUT2D eigenvalue weighted by Crippen LogP contribution is -2.23. The van der Waals surface area contributed by atoms with Crippen LogP contribution in [0.4, 0.5) is 0 Å². The Balaban J connectivity index is 1.88. The Kier molecular flexibility index (Phi) is 3.62. The molecule has 0 nitrogen and oxygen atoms in total. The van der Waals surface area contributed by atoms with Gasteiger partial charge in [-0.05, 0) is 52.6 Å². The van der Waals surface area contributed by atoms with Crippen molar-refractivity contribution < 1.29 is 0 Å². The molecule has 0 bridgehead atoms. The zero-order valence-corrected chi connectivity index (χ0v) is 15.5. The average Bonchev–Trinajstić information content (AvgIpc) is 2.55. The molecule has 0 N–H and O–H groups in total. The van der Waals surface area contributed by atoms with Crippen molar-refractivity contribution in [2.75, 3.05) is 0 Å². The van der Waals surface area contributed by atoms with Gasteiger partial charge in [-0.2, -0.15) is 0 Å². The molecule has 0 fully saturated rings. The van der Waals surface area contributed by atoms with Gasteiger partial charge in [-0.25, -0.2) is 0 Å². The van der Waals surface area contributed by atoms with E-state index in [4.69, 9.17) is 0 Å². The smallest absolute Gasteiger partial charge is 0.0181 e. The summed E-state index contributed by atoms with van der Waals surface area (Å²) in [6.45, 7) is 4.66. The Bertz CT molecular complexity index is 896. The van der Waals surface area contributed by atoms with E-state index in [-0.39, 0.29) is 5.41 Å². The van der Waals surface area contributed by atoms with Crippen LogP contribution in [0.5, 0.6) is 0 Å². The van der Waals surface area contributed by atoms with Crippen molar-refractivity contribution in [2.45, 2.75) is 29.1 Å². The van der Waals surface area contributed by atoms with Gasteiger partial charge < -0.3 is 0 Å². The van der Waals surface area contributed by atoms with Crippen LogP contribution in [0.15, 0.2) is 81.0 Å². The molecule has 0 amide bonds. The number of benzene rings is 3. The number of hydrogen-bond acceptors (Lipinski definition) is 1. The van der Waals surface area contributed by atoms with Crippen LogP contribution >= 0.6 is 27.7 Å². The van der Waals surface area contributed by atoms with Gasteiger partial charge in [-0.15, -0.1) is 0 Å². The van der Waals surface area contributed by atoms with E-state index in [1.807, 2.05) is 11.8 Å². The topological polar surface area (TPSA) is 0 Å². The van der Waals surface area contributed by atoms with Crippen molar-refractivity contribution in [3.05, 3.63) is 82.3 Å². The minimum atomic E-state index is 0.0270. The zero-order chi connectivity index (χ0) is 16.0.